The number of carbonyl (C=O) groups is 2. The lowest BCUT2D eigenvalue weighted by atomic mass is 9.86. The van der Waals surface area contributed by atoms with Crippen molar-refractivity contribution in [1.82, 2.24) is 69.6 Å². The Bertz CT molecular complexity index is 5320. The van der Waals surface area contributed by atoms with Crippen LogP contribution in [0.3, 0.4) is 0 Å². The predicted octanol–water partition coefficient (Wildman–Crippen LogP) is 21.4. The van der Waals surface area contributed by atoms with Gasteiger partial charge in [0.05, 0.1) is 25.1 Å². The molecule has 6 fully saturated rings. The average Bonchev–Trinajstić information content (AvgIpc) is 1.65. The van der Waals surface area contributed by atoms with Gasteiger partial charge in [0.2, 0.25) is 27.7 Å². The molecule has 145 heavy (non-hydrogen) atoms. The van der Waals surface area contributed by atoms with Crippen LogP contribution in [-0.2, 0) is 98.1 Å². The summed E-state index contributed by atoms with van der Waals surface area (Å²) in [5.74, 6) is 5.48. The molecule has 2 amide bonds. The van der Waals surface area contributed by atoms with E-state index < -0.39 is 22.7 Å². The minimum absolute atomic E-state index is 0.0547. The van der Waals surface area contributed by atoms with Gasteiger partial charge in [-0.2, -0.15) is 13.2 Å². The number of nitrogens with two attached hydrogens (primary N) is 1. The molecule has 6 aliphatic heterocycles. The van der Waals surface area contributed by atoms with Crippen LogP contribution in [0.25, 0.3) is 0 Å². The number of ether oxygens (including phenoxy) is 4. The van der Waals surface area contributed by atoms with E-state index in [9.17, 15) is 31.2 Å². The maximum Gasteiger partial charge on any atom is 0.401 e. The maximum absolute atomic E-state index is 12.4. The van der Waals surface area contributed by atoms with Gasteiger partial charge in [-0.05, 0) is 286 Å². The van der Waals surface area contributed by atoms with E-state index in [0.717, 1.165) is 219 Å². The zero-order valence-corrected chi connectivity index (χ0v) is 94.6. The van der Waals surface area contributed by atoms with Crippen molar-refractivity contribution >= 4 is 33.5 Å². The first-order chi connectivity index (χ1) is 67.6. The fourth-order valence-electron chi connectivity index (χ4n) is 17.6. The molecule has 806 valence electrons. The molecule has 29 heteroatoms. The molecule has 1 aromatic carbocycles. The molecule has 8 aromatic rings. The summed E-state index contributed by atoms with van der Waals surface area (Å²) < 4.78 is 84.2. The summed E-state index contributed by atoms with van der Waals surface area (Å²) in [5, 5.41) is 10.0. The number of piperidine rings is 1. The van der Waals surface area contributed by atoms with Gasteiger partial charge >= 0.3 is 6.18 Å². The molecule has 0 aliphatic carbocycles. The summed E-state index contributed by atoms with van der Waals surface area (Å²) in [6.45, 7) is 67.7. The fraction of sp³-hybridized carbons (Fsp3) is 0.647. The van der Waals surface area contributed by atoms with Crippen LogP contribution in [0.15, 0.2) is 135 Å². The summed E-state index contributed by atoms with van der Waals surface area (Å²) >= 11 is 0. The average molecular weight is 2030 g/mol. The number of hydrogen-bond donors (Lipinski definition) is 4. The molecule has 0 spiro atoms. The van der Waals surface area contributed by atoms with E-state index in [4.69, 9.17) is 24.7 Å². The van der Waals surface area contributed by atoms with E-state index in [-0.39, 0.29) is 61.1 Å². The van der Waals surface area contributed by atoms with Crippen molar-refractivity contribution in [1.29, 1.82) is 0 Å². The summed E-state index contributed by atoms with van der Waals surface area (Å²) in [6.07, 6.45) is 24.1. The Morgan fingerprint density at radius 1 is 0.517 bits per heavy atom. The van der Waals surface area contributed by atoms with Crippen LogP contribution in [0.1, 0.15) is 317 Å². The monoisotopic (exact) mass is 2030 g/mol. The topological polar surface area (TPSA) is 296 Å². The Hall–Kier alpha value is -9.23. The number of halogens is 3. The number of benzene rings is 1. The number of rotatable bonds is 24. The minimum atomic E-state index is -4.10. The highest BCUT2D eigenvalue weighted by Gasteiger charge is 2.36. The number of anilines is 2. The van der Waals surface area contributed by atoms with Crippen LogP contribution >= 0.6 is 0 Å². The van der Waals surface area contributed by atoms with Crippen molar-refractivity contribution in [2.24, 2.45) is 29.4 Å². The van der Waals surface area contributed by atoms with E-state index in [0.29, 0.717) is 69.1 Å². The lowest BCUT2D eigenvalue weighted by Gasteiger charge is -2.26. The van der Waals surface area contributed by atoms with Crippen LogP contribution in [0.5, 0.6) is 11.6 Å². The Morgan fingerprint density at radius 3 is 1.49 bits per heavy atom. The first-order valence-corrected chi connectivity index (χ1v) is 54.5. The van der Waals surface area contributed by atoms with Crippen LogP contribution in [0, 0.1) is 30.6 Å². The van der Waals surface area contributed by atoms with Crippen LogP contribution in [-0.4, -0.2) is 223 Å². The molecule has 6 saturated heterocycles. The molecule has 0 saturated carbocycles. The fourth-order valence-corrected chi connectivity index (χ4v) is 18.5. The number of unbranched alkanes of at least 4 members (excludes halogenated alkanes) is 1. The van der Waals surface area contributed by atoms with Gasteiger partial charge in [-0.1, -0.05) is 178 Å². The first kappa shape index (κ1) is 123. The SMILES string of the molecule is CC(=O)N1CCC(Cc2cc(C(C)(C)C)ccn2)C1.CC(C)(C)c1cc(CC2CCOC2)ncn1.CC(C)(C)c1cccc(OCCCCC(N)=O)c1.CC(C)(C)c1ccnc(CC2CCN(CC(F)(F)F)C2)c1.CC(C)(C)c1ccnc(CC2CCN(S(C)(=O)=O)C2)c1.CC(C)(C)c1ccnc(OC2CCNCC2)c1.CNCCN(C)c1cc(C(C)(C)C)ccn1.Cc1c(NC2CCOCC2)ncnc1C(C)(C)C. The summed E-state index contributed by atoms with van der Waals surface area (Å²) in [5.41, 5.74) is 21.5. The smallest absolute Gasteiger partial charge is 0.401 e. The number of likely N-dealkylation sites (N-methyl/N-ethyl adjacent to an activating group) is 2. The molecule has 0 radical (unpaired) electrons. The number of aromatic nitrogens is 9. The van der Waals surface area contributed by atoms with Crippen LogP contribution < -0.4 is 36.1 Å². The number of sulfonamides is 1. The largest absolute Gasteiger partial charge is 0.494 e. The van der Waals surface area contributed by atoms with Crippen molar-refractivity contribution in [3.05, 3.63) is 208 Å². The van der Waals surface area contributed by atoms with Crippen molar-refractivity contribution in [2.75, 3.05) is 136 Å². The Labute approximate surface area is 870 Å². The Kier molecular flexibility index (Phi) is 47.7. The number of nitrogens with one attached hydrogen (secondary N) is 3. The van der Waals surface area contributed by atoms with Gasteiger partial charge in [-0.15, -0.1) is 0 Å². The number of carbonyl (C=O) groups excluding carboxylic acids is 2. The normalized spacial score (nSPS) is 17.9. The van der Waals surface area contributed by atoms with E-state index in [1.807, 2.05) is 54.9 Å². The first-order valence-electron chi connectivity index (χ1n) is 52.7. The number of nitrogens with zero attached hydrogens (tertiary/aromatic N) is 13. The summed E-state index contributed by atoms with van der Waals surface area (Å²) in [4.78, 5) is 67.0. The molecule has 25 nitrogen and oxygen atoms in total. The molecule has 14 rings (SSSR count). The van der Waals surface area contributed by atoms with Gasteiger partial charge in [0.25, 0.3) is 0 Å². The lowest BCUT2D eigenvalue weighted by molar-refractivity contribution is -0.143. The zero-order chi connectivity index (χ0) is 108. The molecular formula is C116H182F3N17O8S. The van der Waals surface area contributed by atoms with Gasteiger partial charge < -0.3 is 50.4 Å². The predicted molar refractivity (Wildman–Crippen MR) is 585 cm³/mol. The van der Waals surface area contributed by atoms with E-state index in [2.05, 4.69) is 319 Å². The Balaban J connectivity index is 0.000000225. The molecular weight excluding hydrogens is 1850 g/mol. The Morgan fingerprint density at radius 2 is 1.00 bits per heavy atom. The second kappa shape index (κ2) is 56.4. The van der Waals surface area contributed by atoms with Crippen molar-refractivity contribution < 1.29 is 50.1 Å². The molecule has 4 atom stereocenters. The minimum Gasteiger partial charge on any atom is -0.494 e. The van der Waals surface area contributed by atoms with E-state index in [1.54, 1.807) is 30.1 Å². The number of alkyl halides is 3. The number of amides is 2. The maximum atomic E-state index is 12.4. The molecule has 7 aromatic heterocycles. The van der Waals surface area contributed by atoms with Gasteiger partial charge in [0.1, 0.15) is 36.1 Å². The van der Waals surface area contributed by atoms with Crippen molar-refractivity contribution in [3.8, 4) is 11.6 Å². The molecule has 13 heterocycles. The third-order valence-corrected chi connectivity index (χ3v) is 28.1. The molecule has 5 N–H and O–H groups in total. The summed E-state index contributed by atoms with van der Waals surface area (Å²) in [6, 6.07) is 31.8. The number of pyridine rings is 5. The highest BCUT2D eigenvalue weighted by Crippen LogP contribution is 2.35. The molecule has 4 unspecified atom stereocenters. The van der Waals surface area contributed by atoms with Crippen LogP contribution in [0.2, 0.25) is 0 Å². The zero-order valence-electron chi connectivity index (χ0n) is 93.8. The lowest BCUT2D eigenvalue weighted by Crippen LogP contribution is -2.34. The van der Waals surface area contributed by atoms with Gasteiger partial charge in [0, 0.05) is 181 Å². The molecule has 6 aliphatic rings. The highest BCUT2D eigenvalue weighted by atomic mass is 32.2. The van der Waals surface area contributed by atoms with Crippen LogP contribution in [0.4, 0.5) is 24.8 Å². The number of primary amides is 1. The molecule has 0 bridgehead atoms. The third-order valence-electron chi connectivity index (χ3n) is 26.8. The highest BCUT2D eigenvalue weighted by molar-refractivity contribution is 7.88. The second-order valence-electron chi connectivity index (χ2n) is 48.4. The van der Waals surface area contributed by atoms with Gasteiger partial charge in [-0.3, -0.25) is 29.4 Å². The van der Waals surface area contributed by atoms with E-state index >= 15 is 0 Å². The van der Waals surface area contributed by atoms with Crippen molar-refractivity contribution in [2.45, 2.75) is 338 Å². The standard InChI is InChI=1S/C16H23F3N2.C16H24N2O.C15H24N2O2S.C15H23NO2.C14H23N3O.C14H22N2O.C13H23N3.C13H20N2O/c1-15(2,3)13-4-6-20-14(9-13)8-12-5-7-21(10-12)11-16(17,18)19;1-12(19)18-8-6-13(11-18)9-15-10-14(5-7-17-15)16(2,3)4;1-15(2,3)13-5-7-16-14(10-13)9-12-6-8-17(11-12)20(4,18)19;1-15(2,3)12-7-6-8-13(11-12)18-10-5-4-9-14(16)17;1-10-12(14(2,3)4)15-9-16-13(10)17-11-5-7-18-8-6-11;1-14(2,3)11-4-9-16-13(10-11)17-12-5-7-15-8-6-12;1-13(2,3)11-6-7-15-12(10-11)16(5)9-8-14-4;1-13(2,3)12-7-11(14-9-15-12)6-10-4-5-16-8-10/h4,6,9,12H,5,7-8,10-11H2,1-3H3;5,7,10,13H,6,8-9,11H2,1-4H3;5,7,10,12H,6,8-9,11H2,1-4H3;6-8,11H,4-5,9-10H2,1-3H3,(H2,16,17);9,11H,5-8H2,1-4H3,(H,15,16,17);4,9-10,12,15H,5-8H2,1-3H3;6-7,10,14H,8-9H2,1-5H3;7,9-10H,4-6,8H2,1-3H3. The summed E-state index contributed by atoms with van der Waals surface area (Å²) in [7, 11) is 0.994. The third kappa shape index (κ3) is 45.8. The second-order valence-corrected chi connectivity index (χ2v) is 50.3. The van der Waals surface area contributed by atoms with Gasteiger partial charge in [-0.25, -0.2) is 42.6 Å². The van der Waals surface area contributed by atoms with Gasteiger partial charge in [0.15, 0.2) is 0 Å². The number of hydrogen-bond acceptors (Lipinski definition) is 22. The number of likely N-dealkylation sites (tertiary alicyclic amines) is 2. The van der Waals surface area contributed by atoms with E-state index in [1.165, 1.54) is 44.5 Å². The van der Waals surface area contributed by atoms with Crippen molar-refractivity contribution in [3.63, 3.8) is 0 Å². The quantitative estimate of drug-likeness (QED) is 0.0409.